The van der Waals surface area contributed by atoms with E-state index in [1.807, 2.05) is 39.0 Å². The first-order valence-electron chi connectivity index (χ1n) is 5.28. The lowest BCUT2D eigenvalue weighted by Crippen LogP contribution is -2.26. The van der Waals surface area contributed by atoms with Crippen LogP contribution in [-0.2, 0) is 0 Å². The van der Waals surface area contributed by atoms with Crippen molar-refractivity contribution in [1.82, 2.24) is 0 Å². The van der Waals surface area contributed by atoms with Crippen LogP contribution in [0.15, 0.2) is 18.2 Å². The van der Waals surface area contributed by atoms with Gasteiger partial charge in [-0.05, 0) is 37.5 Å². The van der Waals surface area contributed by atoms with Crippen LogP contribution in [0.5, 0.6) is 0 Å². The maximum absolute atomic E-state index is 9.03. The van der Waals surface area contributed by atoms with Crippen LogP contribution in [0.3, 0.4) is 0 Å². The van der Waals surface area contributed by atoms with Crippen molar-refractivity contribution in [2.75, 3.05) is 17.7 Å². The highest BCUT2D eigenvalue weighted by Crippen LogP contribution is 2.21. The second-order valence-electron chi connectivity index (χ2n) is 4.18. The molecule has 0 saturated heterocycles. The average Bonchev–Trinajstić information content (AvgIpc) is 2.20. The molecule has 2 unspecified atom stereocenters. The third kappa shape index (κ3) is 3.13. The fourth-order valence-electron chi connectivity index (χ4n) is 1.36. The first-order chi connectivity index (χ1) is 7.04. The van der Waals surface area contributed by atoms with Gasteiger partial charge < -0.3 is 16.2 Å². The van der Waals surface area contributed by atoms with Gasteiger partial charge in [0.1, 0.15) is 0 Å². The molecule has 0 fully saturated rings. The number of aliphatic hydroxyl groups is 1. The molecule has 2 atom stereocenters. The minimum Gasteiger partial charge on any atom is -0.397 e. The summed E-state index contributed by atoms with van der Waals surface area (Å²) >= 11 is 0. The zero-order valence-electron chi connectivity index (χ0n) is 9.62. The Hall–Kier alpha value is -1.22. The molecule has 1 aromatic carbocycles. The SMILES string of the molecule is Cc1ccc(NC(C)C(C)CO)c(N)c1. The molecule has 0 heterocycles. The summed E-state index contributed by atoms with van der Waals surface area (Å²) < 4.78 is 0. The van der Waals surface area contributed by atoms with Crippen LogP contribution in [0.4, 0.5) is 11.4 Å². The van der Waals surface area contributed by atoms with Crippen molar-refractivity contribution in [3.8, 4) is 0 Å². The molecule has 3 heteroatoms. The van der Waals surface area contributed by atoms with Crippen molar-refractivity contribution in [3.05, 3.63) is 23.8 Å². The van der Waals surface area contributed by atoms with Crippen molar-refractivity contribution < 1.29 is 5.11 Å². The first kappa shape index (κ1) is 11.9. The van der Waals surface area contributed by atoms with E-state index in [2.05, 4.69) is 5.32 Å². The van der Waals surface area contributed by atoms with E-state index < -0.39 is 0 Å². The molecule has 0 spiro atoms. The zero-order valence-corrected chi connectivity index (χ0v) is 9.62. The number of hydrogen-bond donors (Lipinski definition) is 3. The molecule has 0 radical (unpaired) electrons. The number of benzene rings is 1. The monoisotopic (exact) mass is 208 g/mol. The summed E-state index contributed by atoms with van der Waals surface area (Å²) in [5.41, 5.74) is 8.73. The third-order valence-corrected chi connectivity index (χ3v) is 2.73. The molecule has 4 N–H and O–H groups in total. The highest BCUT2D eigenvalue weighted by molar-refractivity contribution is 5.67. The van der Waals surface area contributed by atoms with E-state index in [-0.39, 0.29) is 18.6 Å². The van der Waals surface area contributed by atoms with Crippen molar-refractivity contribution in [1.29, 1.82) is 0 Å². The topological polar surface area (TPSA) is 58.3 Å². The maximum atomic E-state index is 9.03. The molecular weight excluding hydrogens is 188 g/mol. The molecular formula is C12H20N2O. The van der Waals surface area contributed by atoms with E-state index in [1.54, 1.807) is 0 Å². The predicted molar refractivity (Wildman–Crippen MR) is 64.9 cm³/mol. The van der Waals surface area contributed by atoms with Gasteiger partial charge in [0.15, 0.2) is 0 Å². The van der Waals surface area contributed by atoms with E-state index in [9.17, 15) is 0 Å². The highest BCUT2D eigenvalue weighted by atomic mass is 16.3. The minimum absolute atomic E-state index is 0.180. The number of hydrogen-bond acceptors (Lipinski definition) is 3. The quantitative estimate of drug-likeness (QED) is 0.663. The second-order valence-corrected chi connectivity index (χ2v) is 4.18. The van der Waals surface area contributed by atoms with Crippen LogP contribution >= 0.6 is 0 Å². The number of nitrogen functional groups attached to an aromatic ring is 1. The minimum atomic E-state index is 0.180. The molecule has 1 rings (SSSR count). The van der Waals surface area contributed by atoms with Crippen LogP contribution < -0.4 is 11.1 Å². The number of aryl methyl sites for hydroxylation is 1. The Labute approximate surface area is 91.3 Å². The number of nitrogens with one attached hydrogen (secondary N) is 1. The van der Waals surface area contributed by atoms with Gasteiger partial charge in [-0.1, -0.05) is 13.0 Å². The number of nitrogens with two attached hydrogens (primary N) is 1. The Morgan fingerprint density at radius 2 is 2.07 bits per heavy atom. The summed E-state index contributed by atoms with van der Waals surface area (Å²) in [6.07, 6.45) is 0. The highest BCUT2D eigenvalue weighted by Gasteiger charge is 2.11. The lowest BCUT2D eigenvalue weighted by Gasteiger charge is -2.21. The molecule has 1 aromatic rings. The van der Waals surface area contributed by atoms with Gasteiger partial charge in [0, 0.05) is 12.6 Å². The summed E-state index contributed by atoms with van der Waals surface area (Å²) in [5, 5.41) is 12.3. The van der Waals surface area contributed by atoms with Gasteiger partial charge in [0.05, 0.1) is 11.4 Å². The summed E-state index contributed by atoms with van der Waals surface area (Å²) in [6.45, 7) is 6.24. The lowest BCUT2D eigenvalue weighted by molar-refractivity contribution is 0.226. The molecule has 0 aliphatic rings. The molecule has 0 saturated carbocycles. The van der Waals surface area contributed by atoms with Gasteiger partial charge in [-0.15, -0.1) is 0 Å². The Bertz CT molecular complexity index is 325. The normalized spacial score (nSPS) is 14.7. The fourth-order valence-corrected chi connectivity index (χ4v) is 1.36. The Morgan fingerprint density at radius 1 is 1.40 bits per heavy atom. The largest absolute Gasteiger partial charge is 0.397 e. The second kappa shape index (κ2) is 5.03. The standard InChI is InChI=1S/C12H20N2O/c1-8-4-5-12(11(13)6-8)14-10(3)9(2)7-15/h4-6,9-10,14-15H,7,13H2,1-3H3. The maximum Gasteiger partial charge on any atom is 0.0576 e. The molecule has 0 bridgehead atoms. The summed E-state index contributed by atoms with van der Waals surface area (Å²) in [6, 6.07) is 6.15. The van der Waals surface area contributed by atoms with Crippen LogP contribution in [0, 0.1) is 12.8 Å². The molecule has 0 amide bonds. The molecule has 0 aromatic heterocycles. The molecule has 15 heavy (non-hydrogen) atoms. The summed E-state index contributed by atoms with van der Waals surface area (Å²) in [5.74, 6) is 0.214. The van der Waals surface area contributed by atoms with Gasteiger partial charge in [0.25, 0.3) is 0 Å². The zero-order chi connectivity index (χ0) is 11.4. The summed E-state index contributed by atoms with van der Waals surface area (Å²) in [7, 11) is 0. The van der Waals surface area contributed by atoms with E-state index in [1.165, 1.54) is 0 Å². The molecule has 0 aliphatic heterocycles. The number of anilines is 2. The molecule has 3 nitrogen and oxygen atoms in total. The van der Waals surface area contributed by atoms with Crippen molar-refractivity contribution in [2.24, 2.45) is 5.92 Å². The smallest absolute Gasteiger partial charge is 0.0576 e. The van der Waals surface area contributed by atoms with Crippen molar-refractivity contribution >= 4 is 11.4 Å². The van der Waals surface area contributed by atoms with Crippen molar-refractivity contribution in [2.45, 2.75) is 26.8 Å². The van der Waals surface area contributed by atoms with Gasteiger partial charge in [-0.25, -0.2) is 0 Å². The molecule has 0 aliphatic carbocycles. The van der Waals surface area contributed by atoms with E-state index >= 15 is 0 Å². The van der Waals surface area contributed by atoms with E-state index in [0.29, 0.717) is 0 Å². The van der Waals surface area contributed by atoms with E-state index in [4.69, 9.17) is 10.8 Å². The van der Waals surface area contributed by atoms with E-state index in [0.717, 1.165) is 16.9 Å². The van der Waals surface area contributed by atoms with Crippen LogP contribution in [0.2, 0.25) is 0 Å². The third-order valence-electron chi connectivity index (χ3n) is 2.73. The number of rotatable bonds is 4. The Morgan fingerprint density at radius 3 is 2.60 bits per heavy atom. The van der Waals surface area contributed by atoms with Gasteiger partial charge in [0.2, 0.25) is 0 Å². The Balaban J connectivity index is 2.72. The van der Waals surface area contributed by atoms with Gasteiger partial charge >= 0.3 is 0 Å². The predicted octanol–water partition coefficient (Wildman–Crippen LogP) is 2.01. The summed E-state index contributed by atoms with van der Waals surface area (Å²) in [4.78, 5) is 0. The van der Waals surface area contributed by atoms with Crippen LogP contribution in [-0.4, -0.2) is 17.8 Å². The first-order valence-corrected chi connectivity index (χ1v) is 5.28. The lowest BCUT2D eigenvalue weighted by atomic mass is 10.0. The average molecular weight is 208 g/mol. The van der Waals surface area contributed by atoms with Gasteiger partial charge in [-0.3, -0.25) is 0 Å². The Kier molecular flexibility index (Phi) is 3.97. The van der Waals surface area contributed by atoms with Crippen LogP contribution in [0.25, 0.3) is 0 Å². The fraction of sp³-hybridized carbons (Fsp3) is 0.500. The van der Waals surface area contributed by atoms with Crippen molar-refractivity contribution in [3.63, 3.8) is 0 Å². The number of aliphatic hydroxyl groups excluding tert-OH is 1. The van der Waals surface area contributed by atoms with Crippen LogP contribution in [0.1, 0.15) is 19.4 Å². The van der Waals surface area contributed by atoms with Gasteiger partial charge in [-0.2, -0.15) is 0 Å². The molecule has 84 valence electrons.